The molecule has 0 radical (unpaired) electrons. The maximum absolute atomic E-state index is 11.1. The van der Waals surface area contributed by atoms with E-state index >= 15 is 0 Å². The lowest BCUT2D eigenvalue weighted by atomic mass is 10.1. The van der Waals surface area contributed by atoms with Crippen molar-refractivity contribution in [1.29, 1.82) is 0 Å². The van der Waals surface area contributed by atoms with Crippen LogP contribution in [0.15, 0.2) is 23.1 Å². The molecule has 0 unspecified atom stereocenters. The van der Waals surface area contributed by atoms with Crippen molar-refractivity contribution in [2.24, 2.45) is 0 Å². The van der Waals surface area contributed by atoms with E-state index in [9.17, 15) is 13.2 Å². The predicted octanol–water partition coefficient (Wildman–Crippen LogP) is 2.56. The Kier molecular flexibility index (Phi) is 3.76. The normalized spacial score (nSPS) is 11.4. The lowest BCUT2D eigenvalue weighted by Crippen LogP contribution is -1.98. The van der Waals surface area contributed by atoms with Crippen LogP contribution in [-0.2, 0) is 15.5 Å². The summed E-state index contributed by atoms with van der Waals surface area (Å²) in [5, 5.41) is -0.702. The van der Waals surface area contributed by atoms with E-state index in [1.54, 1.807) is 6.07 Å². The molecular formula is C9H8Cl2O3S. The molecule has 0 amide bonds. The van der Waals surface area contributed by atoms with E-state index in [0.29, 0.717) is 12.0 Å². The fraction of sp³-hybridized carbons (Fsp3) is 0.222. The van der Waals surface area contributed by atoms with Gasteiger partial charge < -0.3 is 0 Å². The highest BCUT2D eigenvalue weighted by Gasteiger charge is 2.14. The molecule has 0 aliphatic rings. The summed E-state index contributed by atoms with van der Waals surface area (Å²) in [7, 11) is 1.35. The van der Waals surface area contributed by atoms with Gasteiger partial charge in [0.15, 0.2) is 0 Å². The van der Waals surface area contributed by atoms with Gasteiger partial charge in [-0.15, -0.1) is 0 Å². The highest BCUT2D eigenvalue weighted by molar-refractivity contribution is 8.13. The maximum Gasteiger partial charge on any atom is 0.261 e. The van der Waals surface area contributed by atoms with Crippen LogP contribution in [0.5, 0.6) is 0 Å². The Morgan fingerprint density at radius 2 is 1.93 bits per heavy atom. The first kappa shape index (κ1) is 12.5. The van der Waals surface area contributed by atoms with Gasteiger partial charge in [-0.3, -0.25) is 4.79 Å². The summed E-state index contributed by atoms with van der Waals surface area (Å²) in [4.78, 5) is 10.8. The van der Waals surface area contributed by atoms with Gasteiger partial charge in [0.05, 0.1) is 4.90 Å². The molecule has 0 saturated carbocycles. The molecule has 0 heterocycles. The molecular weight excluding hydrogens is 259 g/mol. The number of carbonyl (C=O) groups is 1. The molecule has 1 aromatic carbocycles. The second-order valence-corrected chi connectivity index (χ2v) is 5.84. The number of rotatable bonds is 3. The molecule has 1 rings (SSSR count). The first-order chi connectivity index (χ1) is 6.84. The quantitative estimate of drug-likeness (QED) is 0.791. The number of carbonyl (C=O) groups excluding carboxylic acids is 1. The van der Waals surface area contributed by atoms with Crippen LogP contribution in [0, 0.1) is 0 Å². The molecule has 0 bridgehead atoms. The number of halogens is 2. The molecule has 0 aliphatic carbocycles. The summed E-state index contributed by atoms with van der Waals surface area (Å²) in [6.07, 6.45) is 0.595. The highest BCUT2D eigenvalue weighted by atomic mass is 35.7. The third-order valence-corrected chi connectivity index (χ3v) is 3.43. The van der Waals surface area contributed by atoms with Crippen LogP contribution in [0.1, 0.15) is 22.8 Å². The van der Waals surface area contributed by atoms with E-state index in [0.717, 1.165) is 6.07 Å². The van der Waals surface area contributed by atoms with Crippen molar-refractivity contribution in [3.05, 3.63) is 29.3 Å². The average molecular weight is 267 g/mol. The average Bonchev–Trinajstić information content (AvgIpc) is 2.15. The van der Waals surface area contributed by atoms with Crippen LogP contribution in [-0.4, -0.2) is 13.7 Å². The second-order valence-electron chi connectivity index (χ2n) is 2.93. The van der Waals surface area contributed by atoms with Gasteiger partial charge in [-0.25, -0.2) is 8.42 Å². The smallest absolute Gasteiger partial charge is 0.261 e. The van der Waals surface area contributed by atoms with E-state index < -0.39 is 14.3 Å². The van der Waals surface area contributed by atoms with Gasteiger partial charge in [-0.2, -0.15) is 0 Å². The lowest BCUT2D eigenvalue weighted by molar-refractivity contribution is 0.108. The summed E-state index contributed by atoms with van der Waals surface area (Å²) >= 11 is 5.28. The van der Waals surface area contributed by atoms with Crippen molar-refractivity contribution >= 4 is 36.6 Å². The summed E-state index contributed by atoms with van der Waals surface area (Å²) in [6.45, 7) is 1.84. The first-order valence-corrected chi connectivity index (χ1v) is 6.81. The topological polar surface area (TPSA) is 51.2 Å². The molecule has 0 saturated heterocycles. The number of hydrogen-bond acceptors (Lipinski definition) is 3. The van der Waals surface area contributed by atoms with Crippen LogP contribution >= 0.6 is 22.3 Å². The van der Waals surface area contributed by atoms with Gasteiger partial charge in [0.2, 0.25) is 0 Å². The number of hydrogen-bond donors (Lipinski definition) is 0. The van der Waals surface area contributed by atoms with Crippen molar-refractivity contribution in [3.63, 3.8) is 0 Å². The zero-order chi connectivity index (χ0) is 11.6. The van der Waals surface area contributed by atoms with Gasteiger partial charge in [-0.05, 0) is 41.8 Å². The monoisotopic (exact) mass is 266 g/mol. The molecule has 0 atom stereocenters. The van der Waals surface area contributed by atoms with Crippen LogP contribution in [0.4, 0.5) is 0 Å². The number of aryl methyl sites for hydroxylation is 1. The summed E-state index contributed by atoms with van der Waals surface area (Å²) in [5.41, 5.74) is 0.830. The number of benzene rings is 1. The molecule has 0 aliphatic heterocycles. The Bertz CT molecular complexity index is 494. The SMILES string of the molecule is CCc1cc(C(=O)Cl)cc(S(=O)(=O)Cl)c1. The van der Waals surface area contributed by atoms with E-state index in [1.165, 1.54) is 6.07 Å². The van der Waals surface area contributed by atoms with E-state index in [1.807, 2.05) is 6.92 Å². The zero-order valence-electron chi connectivity index (χ0n) is 7.83. The molecule has 6 heteroatoms. The van der Waals surface area contributed by atoms with Crippen molar-refractivity contribution in [2.45, 2.75) is 18.2 Å². The van der Waals surface area contributed by atoms with Crippen molar-refractivity contribution in [3.8, 4) is 0 Å². The molecule has 0 spiro atoms. The minimum absolute atomic E-state index is 0.104. The summed E-state index contributed by atoms with van der Waals surface area (Å²) < 4.78 is 22.2. The third-order valence-electron chi connectivity index (χ3n) is 1.88. The third kappa shape index (κ3) is 3.19. The molecule has 0 fully saturated rings. The van der Waals surface area contributed by atoms with Gasteiger partial charge in [0, 0.05) is 16.2 Å². The Morgan fingerprint density at radius 3 is 2.33 bits per heavy atom. The van der Waals surface area contributed by atoms with E-state index in [-0.39, 0.29) is 10.5 Å². The Balaban J connectivity index is 3.43. The van der Waals surface area contributed by atoms with Crippen LogP contribution in [0.25, 0.3) is 0 Å². The molecule has 3 nitrogen and oxygen atoms in total. The lowest BCUT2D eigenvalue weighted by Gasteiger charge is -2.03. The second kappa shape index (κ2) is 4.51. The predicted molar refractivity (Wildman–Crippen MR) is 59.0 cm³/mol. The minimum atomic E-state index is -3.83. The molecule has 15 heavy (non-hydrogen) atoms. The maximum atomic E-state index is 11.1. The van der Waals surface area contributed by atoms with Crippen LogP contribution in [0.2, 0.25) is 0 Å². The zero-order valence-corrected chi connectivity index (χ0v) is 10.2. The van der Waals surface area contributed by atoms with Gasteiger partial charge in [-0.1, -0.05) is 6.92 Å². The van der Waals surface area contributed by atoms with Crippen molar-refractivity contribution in [2.75, 3.05) is 0 Å². The van der Waals surface area contributed by atoms with Crippen molar-refractivity contribution < 1.29 is 13.2 Å². The van der Waals surface area contributed by atoms with Crippen LogP contribution < -0.4 is 0 Å². The van der Waals surface area contributed by atoms with Gasteiger partial charge >= 0.3 is 0 Å². The van der Waals surface area contributed by atoms with Crippen LogP contribution in [0.3, 0.4) is 0 Å². The minimum Gasteiger partial charge on any atom is -0.276 e. The molecule has 0 aromatic heterocycles. The summed E-state index contributed by atoms with van der Waals surface area (Å²) in [5.74, 6) is 0. The van der Waals surface area contributed by atoms with E-state index in [4.69, 9.17) is 22.3 Å². The van der Waals surface area contributed by atoms with E-state index in [2.05, 4.69) is 0 Å². The van der Waals surface area contributed by atoms with Crippen molar-refractivity contribution in [1.82, 2.24) is 0 Å². The fourth-order valence-electron chi connectivity index (χ4n) is 1.12. The Hall–Kier alpha value is -0.580. The molecule has 0 N–H and O–H groups in total. The Labute approximate surface area is 97.4 Å². The molecule has 1 aromatic rings. The molecule has 82 valence electrons. The fourth-order valence-corrected chi connectivity index (χ4v) is 2.06. The summed E-state index contributed by atoms with van der Waals surface area (Å²) in [6, 6.07) is 4.13. The first-order valence-electron chi connectivity index (χ1n) is 4.13. The van der Waals surface area contributed by atoms with Gasteiger partial charge in [0.25, 0.3) is 14.3 Å². The standard InChI is InChI=1S/C9H8Cl2O3S/c1-2-6-3-7(9(10)12)5-8(4-6)15(11,13)14/h3-5H,2H2,1H3. The highest BCUT2D eigenvalue weighted by Crippen LogP contribution is 2.20. The largest absolute Gasteiger partial charge is 0.276 e. The Morgan fingerprint density at radius 1 is 1.33 bits per heavy atom. The van der Waals surface area contributed by atoms with Gasteiger partial charge in [0.1, 0.15) is 0 Å².